The van der Waals surface area contributed by atoms with Gasteiger partial charge in [0.1, 0.15) is 9.79 Å². The van der Waals surface area contributed by atoms with Gasteiger partial charge in [-0.1, -0.05) is 18.1 Å². The first-order valence-corrected chi connectivity index (χ1v) is 12.7. The summed E-state index contributed by atoms with van der Waals surface area (Å²) in [4.78, 5) is 15.1. The molecule has 0 aliphatic heterocycles. The maximum absolute atomic E-state index is 12.7. The van der Waals surface area contributed by atoms with Gasteiger partial charge in [0, 0.05) is 11.8 Å². The van der Waals surface area contributed by atoms with Crippen LogP contribution >= 0.6 is 0 Å². The highest BCUT2D eigenvalue weighted by atomic mass is 32.2. The van der Waals surface area contributed by atoms with Crippen LogP contribution < -0.4 is 14.6 Å². The summed E-state index contributed by atoms with van der Waals surface area (Å²) in [5.41, 5.74) is -0.811. The molecule has 0 saturated carbocycles. The average molecular weight is 540 g/mol. The van der Waals surface area contributed by atoms with Gasteiger partial charge in [0.05, 0.1) is 18.2 Å². The van der Waals surface area contributed by atoms with Crippen molar-refractivity contribution in [2.24, 2.45) is 5.14 Å². The number of aromatic nitrogens is 1. The van der Waals surface area contributed by atoms with Gasteiger partial charge in [-0.15, -0.1) is 0 Å². The highest BCUT2D eigenvalue weighted by Gasteiger charge is 2.30. The monoisotopic (exact) mass is 539 g/mol. The van der Waals surface area contributed by atoms with Crippen molar-refractivity contribution >= 4 is 26.0 Å². The van der Waals surface area contributed by atoms with E-state index >= 15 is 0 Å². The second kappa shape index (κ2) is 9.97. The van der Waals surface area contributed by atoms with Crippen LogP contribution in [0.25, 0.3) is 0 Å². The number of alkyl halides is 3. The molecule has 3 aromatic rings. The van der Waals surface area contributed by atoms with Crippen LogP contribution in [-0.2, 0) is 26.2 Å². The number of rotatable bonds is 5. The van der Waals surface area contributed by atoms with Gasteiger partial charge in [-0.25, -0.2) is 31.7 Å². The first-order chi connectivity index (χ1) is 16.7. The van der Waals surface area contributed by atoms with Crippen molar-refractivity contribution in [1.29, 1.82) is 0 Å². The second-order valence-corrected chi connectivity index (χ2v) is 10.2. The number of pyridine rings is 1. The van der Waals surface area contributed by atoms with E-state index in [1.165, 1.54) is 31.4 Å². The Labute approximate surface area is 204 Å². The molecular formula is C22H16F3N3O6S2. The lowest BCUT2D eigenvalue weighted by molar-refractivity contribution is -0.137. The molecule has 1 amide bonds. The van der Waals surface area contributed by atoms with Gasteiger partial charge in [-0.05, 0) is 48.4 Å². The molecule has 188 valence electrons. The molecule has 1 heterocycles. The fourth-order valence-electron chi connectivity index (χ4n) is 2.84. The summed E-state index contributed by atoms with van der Waals surface area (Å²) in [6, 6.07) is 9.69. The van der Waals surface area contributed by atoms with Gasteiger partial charge >= 0.3 is 6.18 Å². The van der Waals surface area contributed by atoms with Crippen molar-refractivity contribution in [3.63, 3.8) is 0 Å². The molecule has 9 nitrogen and oxygen atoms in total. The minimum absolute atomic E-state index is 0.0237. The van der Waals surface area contributed by atoms with Crippen LogP contribution in [0.2, 0.25) is 0 Å². The number of nitrogens with one attached hydrogen (secondary N) is 1. The van der Waals surface area contributed by atoms with Crippen molar-refractivity contribution in [2.45, 2.75) is 16.0 Å². The number of halogens is 3. The average Bonchev–Trinajstić information content (AvgIpc) is 2.81. The van der Waals surface area contributed by atoms with E-state index in [4.69, 9.17) is 9.88 Å². The van der Waals surface area contributed by atoms with Gasteiger partial charge < -0.3 is 4.74 Å². The SMILES string of the molecule is COc1cc(C(=O)NS(=O)(=O)c2ccccc2S(N)(=O)=O)cnc1C#Cc1ccc(C(F)(F)F)cc1. The van der Waals surface area contributed by atoms with Crippen molar-refractivity contribution < 1.29 is 39.5 Å². The molecule has 1 aromatic heterocycles. The smallest absolute Gasteiger partial charge is 0.416 e. The molecule has 0 atom stereocenters. The topological polar surface area (TPSA) is 146 Å². The highest BCUT2D eigenvalue weighted by molar-refractivity contribution is 7.92. The Kier molecular flexibility index (Phi) is 7.39. The van der Waals surface area contributed by atoms with Crippen molar-refractivity contribution in [3.8, 4) is 17.6 Å². The van der Waals surface area contributed by atoms with E-state index in [0.29, 0.717) is 0 Å². The predicted molar refractivity (Wildman–Crippen MR) is 121 cm³/mol. The Hall–Kier alpha value is -3.93. The number of primary sulfonamides is 1. The standard InChI is InChI=1S/C22H16F3N3O6S2/c1-34-18-12-15(13-27-17(18)11-8-14-6-9-16(10-7-14)22(23,24)25)21(29)28-36(32,33)20-5-3-2-4-19(20)35(26,30)31/h2-7,9-10,12-13H,1H3,(H,28,29)(H2,26,30,31). The number of nitrogens with two attached hydrogens (primary N) is 1. The molecule has 0 aliphatic rings. The highest BCUT2D eigenvalue weighted by Crippen LogP contribution is 2.29. The first kappa shape index (κ1) is 26.7. The van der Waals surface area contributed by atoms with E-state index in [0.717, 1.165) is 36.5 Å². The lowest BCUT2D eigenvalue weighted by atomic mass is 10.1. The zero-order valence-electron chi connectivity index (χ0n) is 18.2. The molecule has 0 unspecified atom stereocenters. The summed E-state index contributed by atoms with van der Waals surface area (Å²) < 4.78 is 93.6. The molecule has 0 saturated heterocycles. The van der Waals surface area contributed by atoms with Gasteiger partial charge in [0.15, 0.2) is 11.4 Å². The third-order valence-corrected chi connectivity index (χ3v) is 7.03. The van der Waals surface area contributed by atoms with Crippen LogP contribution in [0.5, 0.6) is 5.75 Å². The number of hydrogen-bond acceptors (Lipinski definition) is 7. The van der Waals surface area contributed by atoms with Crippen LogP contribution in [0.15, 0.2) is 70.6 Å². The van der Waals surface area contributed by atoms with E-state index < -0.39 is 47.5 Å². The van der Waals surface area contributed by atoms with Crippen LogP contribution in [-0.4, -0.2) is 34.8 Å². The van der Waals surface area contributed by atoms with Crippen molar-refractivity contribution in [1.82, 2.24) is 9.71 Å². The zero-order valence-corrected chi connectivity index (χ0v) is 19.8. The number of nitrogens with zero attached hydrogens (tertiary/aromatic N) is 1. The van der Waals surface area contributed by atoms with Crippen LogP contribution in [0.3, 0.4) is 0 Å². The molecule has 0 fully saturated rings. The second-order valence-electron chi connectivity index (χ2n) is 7.03. The van der Waals surface area contributed by atoms with E-state index in [-0.39, 0.29) is 22.6 Å². The Balaban J connectivity index is 1.86. The normalized spacial score (nSPS) is 11.8. The summed E-state index contributed by atoms with van der Waals surface area (Å²) in [5, 5.41) is 5.05. The van der Waals surface area contributed by atoms with E-state index in [2.05, 4.69) is 16.8 Å². The van der Waals surface area contributed by atoms with E-state index in [9.17, 15) is 34.8 Å². The summed E-state index contributed by atoms with van der Waals surface area (Å²) in [5.74, 6) is 4.05. The van der Waals surface area contributed by atoms with E-state index in [1.54, 1.807) is 4.72 Å². The number of carbonyl (C=O) groups is 1. The number of methoxy groups -OCH3 is 1. The predicted octanol–water partition coefficient (Wildman–Crippen LogP) is 2.27. The Morgan fingerprint density at radius 1 is 1.00 bits per heavy atom. The third kappa shape index (κ3) is 6.19. The molecule has 14 heteroatoms. The van der Waals surface area contributed by atoms with Crippen molar-refractivity contribution in [2.75, 3.05) is 7.11 Å². The first-order valence-electron chi connectivity index (χ1n) is 9.64. The minimum atomic E-state index is -4.65. The van der Waals surface area contributed by atoms with Gasteiger partial charge in [-0.2, -0.15) is 13.2 Å². The van der Waals surface area contributed by atoms with Gasteiger partial charge in [-0.3, -0.25) is 4.79 Å². The molecular weight excluding hydrogens is 523 g/mol. The molecule has 0 aliphatic carbocycles. The lowest BCUT2D eigenvalue weighted by Crippen LogP contribution is -2.32. The number of carbonyl (C=O) groups excluding carboxylic acids is 1. The van der Waals surface area contributed by atoms with Crippen molar-refractivity contribution in [3.05, 3.63) is 83.2 Å². The number of amides is 1. The number of hydrogen-bond donors (Lipinski definition) is 2. The molecule has 0 radical (unpaired) electrons. The number of ether oxygens (including phenoxy) is 1. The fourth-order valence-corrected chi connectivity index (χ4v) is 5.19. The molecule has 0 spiro atoms. The fraction of sp³-hybridized carbons (Fsp3) is 0.0909. The minimum Gasteiger partial charge on any atom is -0.494 e. The molecule has 0 bridgehead atoms. The maximum atomic E-state index is 12.7. The van der Waals surface area contributed by atoms with Gasteiger partial charge in [0.25, 0.3) is 15.9 Å². The molecule has 3 rings (SSSR count). The molecule has 3 N–H and O–H groups in total. The zero-order chi connectivity index (χ0) is 26.7. The Morgan fingerprint density at radius 2 is 1.61 bits per heavy atom. The maximum Gasteiger partial charge on any atom is 0.416 e. The summed E-state index contributed by atoms with van der Waals surface area (Å²) in [6.45, 7) is 0. The largest absolute Gasteiger partial charge is 0.494 e. The number of benzene rings is 2. The van der Waals surface area contributed by atoms with Crippen LogP contribution in [0.1, 0.15) is 27.2 Å². The summed E-state index contributed by atoms with van der Waals surface area (Å²) in [6.07, 6.45) is -3.49. The Bertz CT molecular complexity index is 1590. The van der Waals surface area contributed by atoms with Crippen LogP contribution in [0, 0.1) is 11.8 Å². The third-order valence-electron chi connectivity index (χ3n) is 4.54. The lowest BCUT2D eigenvalue weighted by Gasteiger charge is -2.11. The Morgan fingerprint density at radius 3 is 2.17 bits per heavy atom. The summed E-state index contributed by atoms with van der Waals surface area (Å²) >= 11 is 0. The quantitative estimate of drug-likeness (QED) is 0.473. The number of sulfonamides is 2. The van der Waals surface area contributed by atoms with Gasteiger partial charge in [0.2, 0.25) is 10.0 Å². The molecule has 36 heavy (non-hydrogen) atoms. The molecule has 2 aromatic carbocycles. The summed E-state index contributed by atoms with van der Waals surface area (Å²) in [7, 11) is -7.82. The van der Waals surface area contributed by atoms with E-state index in [1.807, 2.05) is 0 Å². The van der Waals surface area contributed by atoms with Crippen LogP contribution in [0.4, 0.5) is 13.2 Å².